The molecule has 2 rings (SSSR count). The number of anilines is 1. The van der Waals surface area contributed by atoms with Gasteiger partial charge in [0.15, 0.2) is 23.4 Å². The first-order chi connectivity index (χ1) is 12.3. The van der Waals surface area contributed by atoms with Crippen LogP contribution in [-0.4, -0.2) is 32.0 Å². The van der Waals surface area contributed by atoms with Crippen molar-refractivity contribution in [2.24, 2.45) is 0 Å². The molecule has 1 amide bonds. The fraction of sp³-hybridized carbons (Fsp3) is 0.300. The van der Waals surface area contributed by atoms with Gasteiger partial charge in [-0.3, -0.25) is 9.59 Å². The molecule has 6 heteroatoms. The minimum Gasteiger partial charge on any atom is -0.495 e. The van der Waals surface area contributed by atoms with E-state index in [9.17, 15) is 9.59 Å². The lowest BCUT2D eigenvalue weighted by Gasteiger charge is -2.18. The number of hydrogen-bond acceptors (Lipinski definition) is 5. The van der Waals surface area contributed by atoms with Crippen molar-refractivity contribution in [3.8, 4) is 17.2 Å². The van der Waals surface area contributed by atoms with E-state index in [-0.39, 0.29) is 11.7 Å². The molecule has 0 aromatic heterocycles. The Bertz CT molecular complexity index is 816. The molecule has 0 radical (unpaired) electrons. The third-order valence-corrected chi connectivity index (χ3v) is 3.86. The van der Waals surface area contributed by atoms with Gasteiger partial charge in [-0.1, -0.05) is 6.07 Å². The molecular weight excluding hydrogens is 334 g/mol. The minimum absolute atomic E-state index is 0.0767. The molecule has 1 atom stereocenters. The third kappa shape index (κ3) is 4.53. The smallest absolute Gasteiger partial charge is 0.265 e. The molecule has 0 aliphatic rings. The van der Waals surface area contributed by atoms with Crippen molar-refractivity contribution in [1.29, 1.82) is 0 Å². The number of aryl methyl sites for hydroxylation is 1. The predicted molar refractivity (Wildman–Crippen MR) is 99.4 cm³/mol. The van der Waals surface area contributed by atoms with Gasteiger partial charge in [-0.05, 0) is 56.7 Å². The van der Waals surface area contributed by atoms with E-state index in [1.165, 1.54) is 14.0 Å². The zero-order chi connectivity index (χ0) is 19.3. The molecule has 138 valence electrons. The van der Waals surface area contributed by atoms with Gasteiger partial charge >= 0.3 is 0 Å². The van der Waals surface area contributed by atoms with Crippen LogP contribution in [0.1, 0.15) is 29.8 Å². The number of carbonyl (C=O) groups is 2. The molecule has 0 saturated heterocycles. The van der Waals surface area contributed by atoms with Gasteiger partial charge in [0.05, 0.1) is 19.9 Å². The van der Waals surface area contributed by atoms with Gasteiger partial charge in [0.1, 0.15) is 5.75 Å². The predicted octanol–water partition coefficient (Wildman–Crippen LogP) is 3.62. The van der Waals surface area contributed by atoms with Crippen LogP contribution >= 0.6 is 0 Å². The topological polar surface area (TPSA) is 73.9 Å². The number of ketones is 1. The first-order valence-corrected chi connectivity index (χ1v) is 8.16. The summed E-state index contributed by atoms with van der Waals surface area (Å²) < 4.78 is 16.2. The lowest BCUT2D eigenvalue weighted by molar-refractivity contribution is -0.122. The van der Waals surface area contributed by atoms with Crippen molar-refractivity contribution in [2.75, 3.05) is 19.5 Å². The van der Waals surface area contributed by atoms with Gasteiger partial charge in [0, 0.05) is 5.56 Å². The van der Waals surface area contributed by atoms with Crippen molar-refractivity contribution in [3.63, 3.8) is 0 Å². The molecule has 0 aliphatic carbocycles. The number of rotatable bonds is 7. The average molecular weight is 357 g/mol. The molecule has 0 saturated carbocycles. The maximum atomic E-state index is 12.5. The number of amides is 1. The Kier molecular flexibility index (Phi) is 6.22. The van der Waals surface area contributed by atoms with Crippen molar-refractivity contribution in [2.45, 2.75) is 26.9 Å². The van der Waals surface area contributed by atoms with Crippen LogP contribution in [0.15, 0.2) is 36.4 Å². The largest absolute Gasteiger partial charge is 0.495 e. The van der Waals surface area contributed by atoms with Gasteiger partial charge < -0.3 is 19.5 Å². The highest BCUT2D eigenvalue weighted by Crippen LogP contribution is 2.30. The summed E-state index contributed by atoms with van der Waals surface area (Å²) in [5.74, 6) is 0.945. The molecule has 0 spiro atoms. The summed E-state index contributed by atoms with van der Waals surface area (Å²) >= 11 is 0. The summed E-state index contributed by atoms with van der Waals surface area (Å²) in [5, 5.41) is 2.81. The molecule has 0 bridgehead atoms. The third-order valence-electron chi connectivity index (χ3n) is 3.86. The normalized spacial score (nSPS) is 11.4. The molecule has 0 fully saturated rings. The Morgan fingerprint density at radius 1 is 0.962 bits per heavy atom. The standard InChI is InChI=1S/C20H23NO5/c1-12-6-8-17(24-4)16(10-12)21-20(23)14(3)26-18-9-7-15(13(2)22)11-19(18)25-5/h6-11,14H,1-5H3,(H,21,23)/t14-/m1/s1. The van der Waals surface area contributed by atoms with Crippen LogP contribution in [0.2, 0.25) is 0 Å². The fourth-order valence-electron chi connectivity index (χ4n) is 2.38. The Morgan fingerprint density at radius 2 is 1.62 bits per heavy atom. The summed E-state index contributed by atoms with van der Waals surface area (Å²) in [6.07, 6.45) is -0.780. The molecule has 2 aromatic carbocycles. The highest BCUT2D eigenvalue weighted by Gasteiger charge is 2.19. The zero-order valence-corrected chi connectivity index (χ0v) is 15.6. The SMILES string of the molecule is COc1ccc(C)cc1NC(=O)[C@@H](C)Oc1ccc(C(C)=O)cc1OC. The quantitative estimate of drug-likeness (QED) is 0.766. The summed E-state index contributed by atoms with van der Waals surface area (Å²) in [4.78, 5) is 24.0. The van der Waals surface area contributed by atoms with E-state index in [0.29, 0.717) is 28.5 Å². The number of Topliss-reactive ketones (excluding diaryl/α,β-unsaturated/α-hetero) is 1. The molecule has 1 N–H and O–H groups in total. The second kappa shape index (κ2) is 8.38. The monoisotopic (exact) mass is 357 g/mol. The molecule has 0 unspecified atom stereocenters. The van der Waals surface area contributed by atoms with Gasteiger partial charge in [0.25, 0.3) is 5.91 Å². The van der Waals surface area contributed by atoms with Crippen LogP contribution in [0.3, 0.4) is 0 Å². The number of benzene rings is 2. The lowest BCUT2D eigenvalue weighted by atomic mass is 10.1. The van der Waals surface area contributed by atoms with E-state index in [4.69, 9.17) is 14.2 Å². The highest BCUT2D eigenvalue weighted by molar-refractivity contribution is 5.96. The summed E-state index contributed by atoms with van der Waals surface area (Å²) in [5.41, 5.74) is 2.08. The van der Waals surface area contributed by atoms with E-state index in [0.717, 1.165) is 5.56 Å². The Labute approximate surface area is 153 Å². The number of nitrogens with one attached hydrogen (secondary N) is 1. The lowest BCUT2D eigenvalue weighted by Crippen LogP contribution is -2.30. The molecule has 0 heterocycles. The van der Waals surface area contributed by atoms with Gasteiger partial charge in [-0.2, -0.15) is 0 Å². The van der Waals surface area contributed by atoms with Gasteiger partial charge in [-0.15, -0.1) is 0 Å². The number of methoxy groups -OCH3 is 2. The molecule has 2 aromatic rings. The van der Waals surface area contributed by atoms with E-state index in [2.05, 4.69) is 5.32 Å². The van der Waals surface area contributed by atoms with Crippen LogP contribution in [0.25, 0.3) is 0 Å². The highest BCUT2D eigenvalue weighted by atomic mass is 16.5. The van der Waals surface area contributed by atoms with Crippen molar-refractivity contribution in [3.05, 3.63) is 47.5 Å². The maximum Gasteiger partial charge on any atom is 0.265 e. The van der Waals surface area contributed by atoms with Crippen LogP contribution in [0.4, 0.5) is 5.69 Å². The van der Waals surface area contributed by atoms with E-state index >= 15 is 0 Å². The minimum atomic E-state index is -0.780. The first kappa shape index (κ1) is 19.3. The van der Waals surface area contributed by atoms with Crippen molar-refractivity contribution in [1.82, 2.24) is 0 Å². The zero-order valence-electron chi connectivity index (χ0n) is 15.6. The maximum absolute atomic E-state index is 12.5. The number of carbonyl (C=O) groups excluding carboxylic acids is 2. The molecule has 0 aliphatic heterocycles. The summed E-state index contributed by atoms with van der Waals surface area (Å²) in [6.45, 7) is 5.03. The molecule has 6 nitrogen and oxygen atoms in total. The second-order valence-corrected chi connectivity index (χ2v) is 5.87. The van der Waals surface area contributed by atoms with Gasteiger partial charge in [0.2, 0.25) is 0 Å². The van der Waals surface area contributed by atoms with Crippen LogP contribution in [0, 0.1) is 6.92 Å². The average Bonchev–Trinajstić information content (AvgIpc) is 2.61. The summed E-state index contributed by atoms with van der Waals surface area (Å²) in [6, 6.07) is 10.4. The fourth-order valence-corrected chi connectivity index (χ4v) is 2.38. The van der Waals surface area contributed by atoms with Crippen LogP contribution < -0.4 is 19.5 Å². The van der Waals surface area contributed by atoms with Crippen LogP contribution in [0.5, 0.6) is 17.2 Å². The van der Waals surface area contributed by atoms with E-state index < -0.39 is 6.10 Å². The van der Waals surface area contributed by atoms with Gasteiger partial charge in [-0.25, -0.2) is 0 Å². The molecular formula is C20H23NO5. The molecule has 26 heavy (non-hydrogen) atoms. The van der Waals surface area contributed by atoms with E-state index in [1.54, 1.807) is 38.3 Å². The summed E-state index contributed by atoms with van der Waals surface area (Å²) in [7, 11) is 3.02. The van der Waals surface area contributed by atoms with E-state index in [1.807, 2.05) is 19.1 Å². The second-order valence-electron chi connectivity index (χ2n) is 5.87. The Morgan fingerprint density at radius 3 is 2.23 bits per heavy atom. The number of ether oxygens (including phenoxy) is 3. The Hall–Kier alpha value is -3.02. The van der Waals surface area contributed by atoms with Crippen molar-refractivity contribution >= 4 is 17.4 Å². The van der Waals surface area contributed by atoms with Crippen molar-refractivity contribution < 1.29 is 23.8 Å². The van der Waals surface area contributed by atoms with Crippen LogP contribution in [-0.2, 0) is 4.79 Å². The number of hydrogen-bond donors (Lipinski definition) is 1. The Balaban J connectivity index is 2.15. The first-order valence-electron chi connectivity index (χ1n) is 8.16.